The van der Waals surface area contributed by atoms with Crippen LogP contribution in [0.5, 0.6) is 0 Å². The molecule has 0 unspecified atom stereocenters. The summed E-state index contributed by atoms with van der Waals surface area (Å²) in [4.78, 5) is 14.8. The number of ether oxygens (including phenoxy) is 1. The maximum Gasteiger partial charge on any atom is 0.483 e. The second kappa shape index (κ2) is 6.77. The van der Waals surface area contributed by atoms with Crippen LogP contribution in [-0.2, 0) is 30.8 Å². The Morgan fingerprint density at radius 1 is 1.08 bits per heavy atom. The van der Waals surface area contributed by atoms with E-state index in [0.717, 1.165) is 17.8 Å². The van der Waals surface area contributed by atoms with Crippen molar-refractivity contribution in [2.45, 2.75) is 56.7 Å². The minimum atomic E-state index is -4.18. The topological polar surface area (TPSA) is 44.8 Å². The largest absolute Gasteiger partial charge is 0.483 e. The summed E-state index contributed by atoms with van der Waals surface area (Å²) >= 11 is 3.04. The van der Waals surface area contributed by atoms with Crippen LogP contribution in [-0.4, -0.2) is 12.1 Å². The molecule has 0 radical (unpaired) electrons. The molecule has 4 nitrogen and oxygen atoms in total. The first kappa shape index (κ1) is 18.2. The van der Waals surface area contributed by atoms with E-state index in [2.05, 4.69) is 39.0 Å². The molecule has 0 saturated heterocycles. The number of benzene rings is 1. The van der Waals surface area contributed by atoms with Gasteiger partial charge in [0.25, 0.3) is 0 Å². The zero-order valence-electron chi connectivity index (χ0n) is 14.3. The standard InChI is InChI=1S/C19H22F2O4S/c20-19(21,24-25-26)17(22)23-11-12-1-3-16(4-2-12)18-8-13-5-14(9-18)7-15(6-13)10-18/h1-4,13-15,26H,5-11H2. The van der Waals surface area contributed by atoms with Gasteiger partial charge in [-0.3, -0.25) is 0 Å². The number of hydrogen-bond donors (Lipinski definition) is 1. The van der Waals surface area contributed by atoms with Gasteiger partial charge in [-0.2, -0.15) is 13.1 Å². The molecule has 142 valence electrons. The van der Waals surface area contributed by atoms with E-state index < -0.39 is 12.1 Å². The van der Waals surface area contributed by atoms with Crippen molar-refractivity contribution in [2.75, 3.05) is 0 Å². The third kappa shape index (κ3) is 3.37. The number of thiol groups is 1. The quantitative estimate of drug-likeness (QED) is 0.256. The summed E-state index contributed by atoms with van der Waals surface area (Å²) in [6.45, 7) is -0.245. The lowest BCUT2D eigenvalue weighted by Crippen LogP contribution is -2.48. The molecule has 4 bridgehead atoms. The van der Waals surface area contributed by atoms with Crippen molar-refractivity contribution in [3.63, 3.8) is 0 Å². The molecule has 0 amide bonds. The van der Waals surface area contributed by atoms with Gasteiger partial charge in [0.1, 0.15) is 6.61 Å². The summed E-state index contributed by atoms with van der Waals surface area (Å²) in [5, 5.41) is 0. The first-order valence-corrected chi connectivity index (χ1v) is 9.40. The Labute approximate surface area is 156 Å². The number of rotatable bonds is 6. The zero-order chi connectivity index (χ0) is 18.4. The molecule has 0 atom stereocenters. The number of halogens is 2. The summed E-state index contributed by atoms with van der Waals surface area (Å²) in [6.07, 6.45) is 3.78. The van der Waals surface area contributed by atoms with E-state index in [1.165, 1.54) is 44.1 Å². The van der Waals surface area contributed by atoms with Gasteiger partial charge < -0.3 is 4.74 Å². The molecule has 4 fully saturated rings. The van der Waals surface area contributed by atoms with E-state index in [0.29, 0.717) is 5.56 Å². The summed E-state index contributed by atoms with van der Waals surface area (Å²) in [7, 11) is 0. The van der Waals surface area contributed by atoms with Gasteiger partial charge in [-0.1, -0.05) is 24.3 Å². The van der Waals surface area contributed by atoms with Crippen LogP contribution in [0.3, 0.4) is 0 Å². The molecule has 4 saturated carbocycles. The molecule has 0 aliphatic heterocycles. The second-order valence-electron chi connectivity index (χ2n) is 8.15. The van der Waals surface area contributed by atoms with E-state index in [1.54, 1.807) is 0 Å². The molecule has 0 N–H and O–H groups in total. The predicted octanol–water partition coefficient (Wildman–Crippen LogP) is 4.58. The van der Waals surface area contributed by atoms with E-state index in [1.807, 2.05) is 12.1 Å². The Hall–Kier alpha value is -1.18. The van der Waals surface area contributed by atoms with E-state index >= 15 is 0 Å². The van der Waals surface area contributed by atoms with Crippen LogP contribution in [0.25, 0.3) is 0 Å². The lowest BCUT2D eigenvalue weighted by atomic mass is 9.48. The molecule has 1 aromatic rings. The molecule has 0 heterocycles. The van der Waals surface area contributed by atoms with Crippen molar-refractivity contribution in [3.05, 3.63) is 35.4 Å². The van der Waals surface area contributed by atoms with Gasteiger partial charge in [-0.25, -0.2) is 4.79 Å². The highest BCUT2D eigenvalue weighted by Gasteiger charge is 2.51. The highest BCUT2D eigenvalue weighted by Crippen LogP contribution is 2.60. The van der Waals surface area contributed by atoms with Crippen molar-refractivity contribution in [3.8, 4) is 0 Å². The Morgan fingerprint density at radius 2 is 1.62 bits per heavy atom. The lowest BCUT2D eigenvalue weighted by Gasteiger charge is -2.57. The van der Waals surface area contributed by atoms with Crippen LogP contribution in [0, 0.1) is 17.8 Å². The van der Waals surface area contributed by atoms with E-state index in [-0.39, 0.29) is 12.0 Å². The minimum Gasteiger partial charge on any atom is -0.454 e. The maximum atomic E-state index is 13.1. The van der Waals surface area contributed by atoms with E-state index in [9.17, 15) is 13.6 Å². The highest BCUT2D eigenvalue weighted by molar-refractivity contribution is 7.74. The average Bonchev–Trinajstić information content (AvgIpc) is 2.59. The van der Waals surface area contributed by atoms with Crippen LogP contribution in [0.1, 0.15) is 49.7 Å². The van der Waals surface area contributed by atoms with Crippen molar-refractivity contribution in [1.29, 1.82) is 0 Å². The number of carbonyl (C=O) groups excluding carboxylic acids is 1. The molecule has 5 rings (SSSR count). The van der Waals surface area contributed by atoms with Crippen LogP contribution < -0.4 is 0 Å². The Kier molecular flexibility index (Phi) is 4.73. The minimum absolute atomic E-state index is 0.245. The molecule has 1 aromatic carbocycles. The SMILES string of the molecule is O=C(OCc1ccc(C23CC4CC(CC(C4)C2)C3)cc1)C(F)(F)OOS. The molecular formula is C19H22F2O4S. The molecule has 0 aromatic heterocycles. The van der Waals surface area contributed by atoms with Crippen molar-refractivity contribution in [1.82, 2.24) is 0 Å². The average molecular weight is 384 g/mol. The van der Waals surface area contributed by atoms with Gasteiger partial charge >= 0.3 is 12.1 Å². The number of hydrogen-bond acceptors (Lipinski definition) is 5. The summed E-state index contributed by atoms with van der Waals surface area (Å²) in [5.74, 6) is 0.770. The van der Waals surface area contributed by atoms with Gasteiger partial charge in [0.2, 0.25) is 0 Å². The maximum absolute atomic E-state index is 13.1. The highest BCUT2D eigenvalue weighted by atomic mass is 32.1. The fraction of sp³-hybridized carbons (Fsp3) is 0.632. The normalized spacial score (nSPS) is 32.7. The Bertz CT molecular complexity index is 641. The number of esters is 1. The fourth-order valence-electron chi connectivity index (χ4n) is 5.73. The smallest absolute Gasteiger partial charge is 0.454 e. The monoisotopic (exact) mass is 384 g/mol. The summed E-state index contributed by atoms with van der Waals surface area (Å²) < 4.78 is 34.4. The molecular weight excluding hydrogens is 362 g/mol. The Morgan fingerprint density at radius 3 is 2.12 bits per heavy atom. The van der Waals surface area contributed by atoms with Crippen molar-refractivity contribution in [2.24, 2.45) is 17.8 Å². The molecule has 4 aliphatic rings. The van der Waals surface area contributed by atoms with Crippen molar-refractivity contribution < 1.29 is 27.5 Å². The predicted molar refractivity (Wildman–Crippen MR) is 92.2 cm³/mol. The van der Waals surface area contributed by atoms with E-state index in [4.69, 9.17) is 0 Å². The van der Waals surface area contributed by atoms with Crippen LogP contribution in [0.15, 0.2) is 24.3 Å². The van der Waals surface area contributed by atoms with Crippen LogP contribution in [0.4, 0.5) is 8.78 Å². The first-order valence-electron chi connectivity index (χ1n) is 9.04. The number of alkyl halides is 2. The van der Waals surface area contributed by atoms with Crippen molar-refractivity contribution >= 4 is 18.9 Å². The molecule has 4 aliphatic carbocycles. The van der Waals surface area contributed by atoms with Gasteiger partial charge in [0, 0.05) is 12.9 Å². The Balaban J connectivity index is 1.41. The zero-order valence-corrected chi connectivity index (χ0v) is 15.2. The van der Waals surface area contributed by atoms with Gasteiger partial charge in [-0.05, 0) is 72.8 Å². The van der Waals surface area contributed by atoms with Crippen LogP contribution in [0.2, 0.25) is 0 Å². The van der Waals surface area contributed by atoms with Crippen LogP contribution >= 0.6 is 12.9 Å². The third-order valence-corrected chi connectivity index (χ3v) is 6.43. The molecule has 26 heavy (non-hydrogen) atoms. The van der Waals surface area contributed by atoms with Gasteiger partial charge in [0.05, 0.1) is 0 Å². The van der Waals surface area contributed by atoms with Gasteiger partial charge in [0.15, 0.2) is 0 Å². The molecule has 0 spiro atoms. The lowest BCUT2D eigenvalue weighted by molar-refractivity contribution is -0.369. The summed E-state index contributed by atoms with van der Waals surface area (Å²) in [6, 6.07) is 7.86. The number of carbonyl (C=O) groups is 1. The fourth-order valence-corrected chi connectivity index (χ4v) is 5.83. The first-order chi connectivity index (χ1) is 12.4. The third-order valence-electron chi connectivity index (χ3n) is 6.35. The second-order valence-corrected chi connectivity index (χ2v) is 8.29. The molecule has 7 heteroatoms. The van der Waals surface area contributed by atoms with Gasteiger partial charge in [-0.15, -0.1) is 4.89 Å². The summed E-state index contributed by atoms with van der Waals surface area (Å²) in [5.41, 5.74) is 2.28.